The highest BCUT2D eigenvalue weighted by Gasteiger charge is 2.30. The molecule has 0 aliphatic rings. The van der Waals surface area contributed by atoms with Gasteiger partial charge in [-0.3, -0.25) is 4.79 Å². The van der Waals surface area contributed by atoms with Gasteiger partial charge in [0.25, 0.3) is 0 Å². The third-order valence-corrected chi connectivity index (χ3v) is 7.65. The normalized spacial score (nSPS) is 12.3. The Morgan fingerprint density at radius 3 is 2.12 bits per heavy atom. The van der Waals surface area contributed by atoms with Gasteiger partial charge in [-0.05, 0) is 55.1 Å². The number of hydrogen-bond donors (Lipinski definition) is 2. The minimum atomic E-state index is -4.36. The number of aliphatic carboxylic acids is 2. The summed E-state index contributed by atoms with van der Waals surface area (Å²) >= 11 is 1.56. The summed E-state index contributed by atoms with van der Waals surface area (Å²) in [6.07, 6.45) is -3.70. The number of nitrogens with zero attached hydrogens (tertiary/aromatic N) is 2. The molecule has 1 aromatic heterocycles. The average molecular weight is 597 g/mol. The average Bonchev–Trinajstić information content (AvgIpc) is 3.34. The second-order valence-corrected chi connectivity index (χ2v) is 11.3. The molecule has 224 valence electrons. The van der Waals surface area contributed by atoms with Gasteiger partial charge in [0, 0.05) is 35.9 Å². The molecule has 11 heteroatoms. The number of rotatable bonds is 11. The SMILES string of the molecule is Cc1cc(CN(C)CC(C)c2sc(-c3ccc(C(F)(F)F)cc3)nc2C(C)C)ccc1CCC(=O)O.O=C(O)CF. The Bertz CT molecular complexity index is 1310. The van der Waals surface area contributed by atoms with E-state index >= 15 is 0 Å². The maximum atomic E-state index is 12.9. The molecule has 1 atom stereocenters. The Morgan fingerprint density at radius 1 is 1.02 bits per heavy atom. The van der Waals surface area contributed by atoms with Crippen molar-refractivity contribution in [3.05, 3.63) is 75.3 Å². The number of carbonyl (C=O) groups is 2. The van der Waals surface area contributed by atoms with Crippen LogP contribution >= 0.6 is 11.3 Å². The van der Waals surface area contributed by atoms with Gasteiger partial charge in [-0.2, -0.15) is 13.2 Å². The van der Waals surface area contributed by atoms with Gasteiger partial charge in [0.15, 0.2) is 6.67 Å². The van der Waals surface area contributed by atoms with E-state index < -0.39 is 30.4 Å². The molecule has 3 rings (SSSR count). The van der Waals surface area contributed by atoms with Crippen molar-refractivity contribution in [2.45, 2.75) is 65.1 Å². The van der Waals surface area contributed by atoms with Crippen molar-refractivity contribution in [3.8, 4) is 10.6 Å². The predicted octanol–water partition coefficient (Wildman–Crippen LogP) is 7.55. The molecule has 6 nitrogen and oxygen atoms in total. The van der Waals surface area contributed by atoms with Crippen LogP contribution < -0.4 is 0 Å². The van der Waals surface area contributed by atoms with Gasteiger partial charge in [0.05, 0.1) is 11.3 Å². The molecular formula is C30H36F4N2O4S. The topological polar surface area (TPSA) is 90.7 Å². The minimum absolute atomic E-state index is 0.124. The van der Waals surface area contributed by atoms with Gasteiger partial charge >= 0.3 is 18.1 Å². The zero-order valence-electron chi connectivity index (χ0n) is 23.8. The molecule has 0 saturated heterocycles. The standard InChI is InChI=1S/C28H33F3N2O2S.C2H3FO2/c1-17(2)25-26(36-27(32-25)22-8-11-23(12-9-22)28(29,30)31)19(4)15-33(5)16-20-6-7-21(18(3)14-20)10-13-24(34)35;3-1-2(4)5/h6-9,11-12,14,17,19H,10,13,15-16H2,1-5H3,(H,34,35);1H2,(H,4,5). The van der Waals surface area contributed by atoms with Crippen LogP contribution in [0.5, 0.6) is 0 Å². The number of alkyl halides is 4. The lowest BCUT2D eigenvalue weighted by Crippen LogP contribution is -2.23. The number of thiazole rings is 1. The molecular weight excluding hydrogens is 560 g/mol. The molecule has 0 spiro atoms. The number of likely N-dealkylation sites (N-methyl/N-ethyl adjacent to an activating group) is 1. The number of hydrogen-bond acceptors (Lipinski definition) is 5. The van der Waals surface area contributed by atoms with Crippen LogP contribution in [0.4, 0.5) is 17.6 Å². The van der Waals surface area contributed by atoms with Crippen LogP contribution in [-0.4, -0.2) is 52.3 Å². The van der Waals surface area contributed by atoms with Gasteiger partial charge in [0.2, 0.25) is 0 Å². The molecule has 0 saturated carbocycles. The highest BCUT2D eigenvalue weighted by atomic mass is 32.1. The fourth-order valence-electron chi connectivity index (χ4n) is 4.34. The van der Waals surface area contributed by atoms with Crippen LogP contribution in [0.2, 0.25) is 0 Å². The van der Waals surface area contributed by atoms with E-state index in [0.29, 0.717) is 12.0 Å². The third-order valence-electron chi connectivity index (χ3n) is 6.30. The molecule has 41 heavy (non-hydrogen) atoms. The van der Waals surface area contributed by atoms with E-state index in [1.165, 1.54) is 17.7 Å². The molecule has 1 unspecified atom stereocenters. The van der Waals surface area contributed by atoms with E-state index in [4.69, 9.17) is 20.0 Å². The van der Waals surface area contributed by atoms with Gasteiger partial charge in [-0.15, -0.1) is 11.3 Å². The molecule has 2 aromatic carbocycles. The Kier molecular flexibility index (Phi) is 12.5. The van der Waals surface area contributed by atoms with Crippen molar-refractivity contribution >= 4 is 23.3 Å². The number of carboxylic acid groups (broad SMARTS) is 2. The molecule has 0 amide bonds. The summed E-state index contributed by atoms with van der Waals surface area (Å²) in [6.45, 7) is 8.62. The fraction of sp³-hybridized carbons (Fsp3) is 0.433. The van der Waals surface area contributed by atoms with E-state index in [-0.39, 0.29) is 18.3 Å². The van der Waals surface area contributed by atoms with Crippen LogP contribution in [-0.2, 0) is 28.7 Å². The highest BCUT2D eigenvalue weighted by molar-refractivity contribution is 7.15. The van der Waals surface area contributed by atoms with E-state index in [2.05, 4.69) is 44.9 Å². The first kappa shape index (κ1) is 33.9. The molecule has 1 heterocycles. The van der Waals surface area contributed by atoms with Crippen LogP contribution in [0.3, 0.4) is 0 Å². The minimum Gasteiger partial charge on any atom is -0.481 e. The number of carboxylic acids is 2. The lowest BCUT2D eigenvalue weighted by molar-refractivity contribution is -0.138. The van der Waals surface area contributed by atoms with Gasteiger partial charge in [0.1, 0.15) is 5.01 Å². The van der Waals surface area contributed by atoms with Crippen molar-refractivity contribution in [2.75, 3.05) is 20.3 Å². The van der Waals surface area contributed by atoms with Crippen molar-refractivity contribution in [1.29, 1.82) is 0 Å². The van der Waals surface area contributed by atoms with E-state index in [9.17, 15) is 22.4 Å². The van der Waals surface area contributed by atoms with Crippen LogP contribution in [0, 0.1) is 6.92 Å². The fourth-order valence-corrected chi connectivity index (χ4v) is 5.61. The van der Waals surface area contributed by atoms with E-state index in [1.807, 2.05) is 13.0 Å². The molecule has 3 aromatic rings. The summed E-state index contributed by atoms with van der Waals surface area (Å²) in [6, 6.07) is 11.4. The van der Waals surface area contributed by atoms with Crippen molar-refractivity contribution < 1.29 is 37.4 Å². The van der Waals surface area contributed by atoms with Crippen molar-refractivity contribution in [2.24, 2.45) is 0 Å². The van der Waals surface area contributed by atoms with E-state index in [1.54, 1.807) is 11.3 Å². The smallest absolute Gasteiger partial charge is 0.416 e. The van der Waals surface area contributed by atoms with Crippen LogP contribution in [0.15, 0.2) is 42.5 Å². The molecule has 0 aliphatic carbocycles. The summed E-state index contributed by atoms with van der Waals surface area (Å²) in [5.41, 5.74) is 4.35. The monoisotopic (exact) mass is 596 g/mol. The quantitative estimate of drug-likeness (QED) is 0.222. The van der Waals surface area contributed by atoms with Gasteiger partial charge in [-0.25, -0.2) is 14.2 Å². The predicted molar refractivity (Wildman–Crippen MR) is 152 cm³/mol. The first-order valence-corrected chi connectivity index (χ1v) is 13.9. The third kappa shape index (κ3) is 10.6. The molecule has 2 N–H and O–H groups in total. The van der Waals surface area contributed by atoms with Crippen molar-refractivity contribution in [1.82, 2.24) is 9.88 Å². The zero-order chi connectivity index (χ0) is 30.9. The molecule has 0 radical (unpaired) electrons. The Morgan fingerprint density at radius 2 is 1.63 bits per heavy atom. The molecule has 0 bridgehead atoms. The molecule has 0 aliphatic heterocycles. The maximum absolute atomic E-state index is 12.9. The summed E-state index contributed by atoms with van der Waals surface area (Å²) < 4.78 is 49.4. The Labute approximate surface area is 241 Å². The first-order valence-electron chi connectivity index (χ1n) is 13.1. The Balaban J connectivity index is 0.00000108. The summed E-state index contributed by atoms with van der Waals surface area (Å²) in [5, 5.41) is 17.0. The van der Waals surface area contributed by atoms with Crippen molar-refractivity contribution in [3.63, 3.8) is 0 Å². The second kappa shape index (κ2) is 15.1. The second-order valence-electron chi connectivity index (χ2n) is 10.3. The summed E-state index contributed by atoms with van der Waals surface area (Å²) in [7, 11) is 2.07. The van der Waals surface area contributed by atoms with Gasteiger partial charge < -0.3 is 15.1 Å². The van der Waals surface area contributed by atoms with E-state index in [0.717, 1.165) is 51.9 Å². The lowest BCUT2D eigenvalue weighted by Gasteiger charge is -2.22. The number of aryl methyl sites for hydroxylation is 2. The number of aromatic nitrogens is 1. The maximum Gasteiger partial charge on any atom is 0.416 e. The van der Waals surface area contributed by atoms with Crippen LogP contribution in [0.25, 0.3) is 10.6 Å². The van der Waals surface area contributed by atoms with Gasteiger partial charge in [-0.1, -0.05) is 51.1 Å². The lowest BCUT2D eigenvalue weighted by atomic mass is 10.00. The highest BCUT2D eigenvalue weighted by Crippen LogP contribution is 2.38. The first-order chi connectivity index (χ1) is 19.1. The number of halogens is 4. The largest absolute Gasteiger partial charge is 0.481 e. The summed E-state index contributed by atoms with van der Waals surface area (Å²) in [4.78, 5) is 28.1. The zero-order valence-corrected chi connectivity index (χ0v) is 24.6. The summed E-state index contributed by atoms with van der Waals surface area (Å²) in [5.74, 6) is -1.81. The molecule has 0 fully saturated rings. The number of benzene rings is 2. The van der Waals surface area contributed by atoms with Crippen LogP contribution in [0.1, 0.15) is 71.9 Å². The Hall–Kier alpha value is -3.31.